The highest BCUT2D eigenvalue weighted by Crippen LogP contribution is 2.32. The van der Waals surface area contributed by atoms with E-state index in [1.807, 2.05) is 19.9 Å². The number of nitrogens with zero attached hydrogens (tertiary/aromatic N) is 1. The summed E-state index contributed by atoms with van der Waals surface area (Å²) in [5, 5.41) is 1.06. The number of benzene rings is 1. The quantitative estimate of drug-likeness (QED) is 0.791. The predicted octanol–water partition coefficient (Wildman–Crippen LogP) is 3.50. The molecule has 0 amide bonds. The minimum Gasteiger partial charge on any atom is -0.398 e. The summed E-state index contributed by atoms with van der Waals surface area (Å²) in [4.78, 5) is 4.57. The summed E-state index contributed by atoms with van der Waals surface area (Å²) >= 11 is 3.51. The van der Waals surface area contributed by atoms with E-state index in [1.165, 1.54) is 5.56 Å². The number of hydrogen-bond acceptors (Lipinski definition) is 2. The molecule has 2 aromatic rings. The lowest BCUT2D eigenvalue weighted by molar-refractivity contribution is 1.19. The van der Waals surface area contributed by atoms with Crippen molar-refractivity contribution in [3.8, 4) is 0 Å². The number of halogens is 1. The van der Waals surface area contributed by atoms with Crippen molar-refractivity contribution in [2.24, 2.45) is 0 Å². The van der Waals surface area contributed by atoms with Gasteiger partial charge in [-0.2, -0.15) is 0 Å². The Kier molecular flexibility index (Phi) is 2.43. The van der Waals surface area contributed by atoms with Crippen molar-refractivity contribution >= 4 is 32.5 Å². The van der Waals surface area contributed by atoms with Crippen LogP contribution in [0.4, 0.5) is 5.69 Å². The van der Waals surface area contributed by atoms with Crippen LogP contribution in [-0.4, -0.2) is 4.98 Å². The summed E-state index contributed by atoms with van der Waals surface area (Å²) in [7, 11) is 0. The number of pyridine rings is 1. The molecule has 0 saturated heterocycles. The smallest absolute Gasteiger partial charge is 0.0870 e. The van der Waals surface area contributed by atoms with Gasteiger partial charge in [-0.05, 0) is 53.9 Å². The summed E-state index contributed by atoms with van der Waals surface area (Å²) in [5.74, 6) is 0. The Hall–Kier alpha value is -1.09. The Morgan fingerprint density at radius 3 is 2.53 bits per heavy atom. The fourth-order valence-corrected chi connectivity index (χ4v) is 2.17. The van der Waals surface area contributed by atoms with E-state index in [-0.39, 0.29) is 0 Å². The molecule has 2 nitrogen and oxygen atoms in total. The monoisotopic (exact) mass is 264 g/mol. The molecule has 2 N–H and O–H groups in total. The van der Waals surface area contributed by atoms with Gasteiger partial charge in [0.2, 0.25) is 0 Å². The molecule has 0 aliphatic carbocycles. The van der Waals surface area contributed by atoms with Gasteiger partial charge in [0, 0.05) is 21.2 Å². The second-order valence-electron chi connectivity index (χ2n) is 3.82. The first-order valence-corrected chi connectivity index (χ1v) is 5.63. The first kappa shape index (κ1) is 10.4. The molecule has 3 heteroatoms. The van der Waals surface area contributed by atoms with E-state index in [9.17, 15) is 0 Å². The molecule has 0 saturated carbocycles. The number of rotatable bonds is 0. The second-order valence-corrected chi connectivity index (χ2v) is 4.68. The highest BCUT2D eigenvalue weighted by atomic mass is 79.9. The molecule has 0 aliphatic heterocycles. The third-order valence-corrected chi connectivity index (χ3v) is 3.47. The van der Waals surface area contributed by atoms with Gasteiger partial charge in [0.1, 0.15) is 0 Å². The number of nitrogens with two attached hydrogens (primary N) is 1. The lowest BCUT2D eigenvalue weighted by Crippen LogP contribution is -1.99. The van der Waals surface area contributed by atoms with Crippen LogP contribution in [0.25, 0.3) is 10.9 Å². The van der Waals surface area contributed by atoms with Gasteiger partial charge in [0.25, 0.3) is 0 Å². The van der Waals surface area contributed by atoms with Crippen molar-refractivity contribution in [1.29, 1.82) is 0 Å². The molecule has 0 spiro atoms. The number of anilines is 1. The fourth-order valence-electron chi connectivity index (χ4n) is 1.75. The van der Waals surface area contributed by atoms with Gasteiger partial charge in [0.05, 0.1) is 5.52 Å². The second kappa shape index (κ2) is 3.49. The Morgan fingerprint density at radius 2 is 1.87 bits per heavy atom. The van der Waals surface area contributed by atoms with E-state index >= 15 is 0 Å². The first-order valence-electron chi connectivity index (χ1n) is 4.84. The maximum absolute atomic E-state index is 6.13. The Bertz CT molecular complexity index is 547. The molecule has 1 aromatic carbocycles. The highest BCUT2D eigenvalue weighted by molar-refractivity contribution is 9.10. The zero-order valence-corrected chi connectivity index (χ0v) is 10.6. The van der Waals surface area contributed by atoms with E-state index in [4.69, 9.17) is 5.73 Å². The van der Waals surface area contributed by atoms with Gasteiger partial charge < -0.3 is 5.73 Å². The molecule has 15 heavy (non-hydrogen) atoms. The molecule has 1 aromatic heterocycles. The molecule has 0 unspecified atom stereocenters. The molecule has 0 atom stereocenters. The Labute approximate surface area is 97.6 Å². The largest absolute Gasteiger partial charge is 0.398 e. The summed E-state index contributed by atoms with van der Waals surface area (Å²) in [5.41, 5.74) is 11.2. The summed E-state index contributed by atoms with van der Waals surface area (Å²) in [6.07, 6.45) is 0. The number of aryl methyl sites for hydroxylation is 2. The van der Waals surface area contributed by atoms with Crippen molar-refractivity contribution in [2.45, 2.75) is 20.8 Å². The van der Waals surface area contributed by atoms with Crippen molar-refractivity contribution < 1.29 is 0 Å². The normalized spacial score (nSPS) is 10.9. The molecule has 2 rings (SSSR count). The molecule has 0 aliphatic rings. The van der Waals surface area contributed by atoms with Gasteiger partial charge in [0.15, 0.2) is 0 Å². The first-order chi connectivity index (χ1) is 7.02. The summed E-state index contributed by atoms with van der Waals surface area (Å²) < 4.78 is 0.998. The third kappa shape index (κ3) is 1.51. The lowest BCUT2D eigenvalue weighted by atomic mass is 10.0. The van der Waals surface area contributed by atoms with Crippen LogP contribution in [0, 0.1) is 20.8 Å². The van der Waals surface area contributed by atoms with E-state index in [1.54, 1.807) is 0 Å². The Morgan fingerprint density at radius 1 is 1.20 bits per heavy atom. The van der Waals surface area contributed by atoms with Gasteiger partial charge >= 0.3 is 0 Å². The third-order valence-electron chi connectivity index (χ3n) is 2.83. The lowest BCUT2D eigenvalue weighted by Gasteiger charge is -2.11. The fraction of sp³-hybridized carbons (Fsp3) is 0.250. The van der Waals surface area contributed by atoms with Crippen LogP contribution < -0.4 is 5.73 Å². The number of hydrogen-bond donors (Lipinski definition) is 1. The predicted molar refractivity (Wildman–Crippen MR) is 68.1 cm³/mol. The van der Waals surface area contributed by atoms with Crippen molar-refractivity contribution in [3.05, 3.63) is 33.4 Å². The molecule has 0 bridgehead atoms. The molecule has 1 heterocycles. The zero-order chi connectivity index (χ0) is 11.2. The van der Waals surface area contributed by atoms with Gasteiger partial charge in [-0.15, -0.1) is 0 Å². The van der Waals surface area contributed by atoms with Gasteiger partial charge in [-0.1, -0.05) is 6.07 Å². The van der Waals surface area contributed by atoms with Crippen molar-refractivity contribution in [2.75, 3.05) is 5.73 Å². The minimum absolute atomic E-state index is 0.844. The van der Waals surface area contributed by atoms with E-state index in [0.29, 0.717) is 0 Å². The maximum Gasteiger partial charge on any atom is 0.0870 e. The van der Waals surface area contributed by atoms with Gasteiger partial charge in [-0.3, -0.25) is 4.98 Å². The summed E-state index contributed by atoms with van der Waals surface area (Å²) in [6.45, 7) is 6.05. The molecular formula is C12H13BrN2. The standard InChI is InChI=1S/C12H13BrN2/c1-6-4-5-9(13)12-10(6)11(14)7(2)8(3)15-12/h4-5H,1-3H3,(H2,14,15). The van der Waals surface area contributed by atoms with Crippen LogP contribution >= 0.6 is 15.9 Å². The number of aromatic nitrogens is 1. The average molecular weight is 265 g/mol. The molecule has 0 fully saturated rings. The maximum atomic E-state index is 6.13. The number of fused-ring (bicyclic) bond motifs is 1. The highest BCUT2D eigenvalue weighted by Gasteiger charge is 2.10. The van der Waals surface area contributed by atoms with Gasteiger partial charge in [-0.25, -0.2) is 0 Å². The van der Waals surface area contributed by atoms with Crippen LogP contribution in [0.2, 0.25) is 0 Å². The van der Waals surface area contributed by atoms with Crippen LogP contribution in [0.3, 0.4) is 0 Å². The zero-order valence-electron chi connectivity index (χ0n) is 9.06. The average Bonchev–Trinajstić information content (AvgIpc) is 2.20. The van der Waals surface area contributed by atoms with E-state index in [0.717, 1.165) is 32.3 Å². The van der Waals surface area contributed by atoms with E-state index in [2.05, 4.69) is 33.9 Å². The van der Waals surface area contributed by atoms with Crippen LogP contribution in [0.1, 0.15) is 16.8 Å². The van der Waals surface area contributed by atoms with E-state index < -0.39 is 0 Å². The Balaban J connectivity index is 3.04. The van der Waals surface area contributed by atoms with Crippen LogP contribution in [0.15, 0.2) is 16.6 Å². The molecule has 0 radical (unpaired) electrons. The summed E-state index contributed by atoms with van der Waals surface area (Å²) in [6, 6.07) is 4.07. The van der Waals surface area contributed by atoms with Crippen molar-refractivity contribution in [1.82, 2.24) is 4.98 Å². The van der Waals surface area contributed by atoms with Crippen LogP contribution in [-0.2, 0) is 0 Å². The topological polar surface area (TPSA) is 38.9 Å². The SMILES string of the molecule is Cc1nc2c(Br)ccc(C)c2c(N)c1C. The van der Waals surface area contributed by atoms with Crippen LogP contribution in [0.5, 0.6) is 0 Å². The molecule has 78 valence electrons. The van der Waals surface area contributed by atoms with Crippen molar-refractivity contribution in [3.63, 3.8) is 0 Å². The number of nitrogen functional groups attached to an aromatic ring is 1. The minimum atomic E-state index is 0.844. The molecular weight excluding hydrogens is 252 g/mol.